The van der Waals surface area contributed by atoms with Gasteiger partial charge in [0.2, 0.25) is 11.6 Å². The Kier molecular flexibility index (Phi) is 10.4. The molecular weight excluding hydrogens is 734 g/mol. The van der Waals surface area contributed by atoms with Crippen molar-refractivity contribution in [1.82, 2.24) is 0 Å². The number of aliphatic hydroxyl groups excluding tert-OH is 3. The normalized spacial score (nSPS) is 31.6. The van der Waals surface area contributed by atoms with Gasteiger partial charge in [-0.2, -0.15) is 0 Å². The first-order chi connectivity index (χ1) is 26.4. The van der Waals surface area contributed by atoms with E-state index in [2.05, 4.69) is 0 Å². The van der Waals surface area contributed by atoms with Crippen LogP contribution in [0.15, 0.2) is 65.0 Å². The quantitative estimate of drug-likeness (QED) is 0.128. The minimum Gasteiger partial charge on any atom is -0.508 e. The standard InChI is InChI=1S/C40H43NO15/c1-7-16(2)37(50)55-32-17(3)54-25(15-24(32)43)19-12-13-20-26(29(19)44)30(45)27-21(39(20,4)52-5)14-22-33(56-38(51)18-10-8-9-11-23(18)42)31(46)28(36(41)49)35(48)40(22,53-6)34(27)47/h7-13,17,21-22,24-25,32-33,42-45,48H,14-15H2,1-6H3,(H2,41,49)/b16-7+/t17-,21-,22+,24-,25+,32-,33+,39+,40-/m0/s1. The van der Waals surface area contributed by atoms with Crippen molar-refractivity contribution in [2.75, 3.05) is 14.2 Å². The molecule has 1 saturated heterocycles. The van der Waals surface area contributed by atoms with Crippen LogP contribution < -0.4 is 5.73 Å². The molecule has 0 aromatic heterocycles. The maximum atomic E-state index is 15.0. The number of para-hydroxylation sites is 1. The maximum absolute atomic E-state index is 15.0. The Morgan fingerprint density at radius 1 is 0.982 bits per heavy atom. The van der Waals surface area contributed by atoms with E-state index in [0.29, 0.717) is 5.57 Å². The Balaban J connectivity index is 1.47. The number of fused-ring (bicyclic) bond motifs is 3. The van der Waals surface area contributed by atoms with Crippen LogP contribution in [-0.2, 0) is 48.5 Å². The van der Waals surface area contributed by atoms with Crippen LogP contribution in [0.4, 0.5) is 0 Å². The van der Waals surface area contributed by atoms with Gasteiger partial charge in [-0.1, -0.05) is 30.3 Å². The van der Waals surface area contributed by atoms with Crippen LogP contribution in [-0.4, -0.2) is 99.2 Å². The molecule has 0 radical (unpaired) electrons. The molecule has 0 unspecified atom stereocenters. The van der Waals surface area contributed by atoms with Gasteiger partial charge in [-0.3, -0.25) is 14.4 Å². The smallest absolute Gasteiger partial charge is 0.342 e. The zero-order valence-corrected chi connectivity index (χ0v) is 31.4. The van der Waals surface area contributed by atoms with Crippen molar-refractivity contribution < 1.29 is 73.2 Å². The number of esters is 2. The van der Waals surface area contributed by atoms with Gasteiger partial charge in [0.15, 0.2) is 17.8 Å². The first kappa shape index (κ1) is 40.1. The van der Waals surface area contributed by atoms with E-state index in [0.717, 1.165) is 7.11 Å². The molecule has 16 nitrogen and oxygen atoms in total. The Morgan fingerprint density at radius 3 is 2.25 bits per heavy atom. The predicted octanol–water partition coefficient (Wildman–Crippen LogP) is 3.03. The molecule has 1 saturated carbocycles. The number of amides is 1. The van der Waals surface area contributed by atoms with E-state index >= 15 is 0 Å². The number of aromatic hydroxyl groups is 2. The monoisotopic (exact) mass is 777 g/mol. The number of ketones is 2. The lowest BCUT2D eigenvalue weighted by molar-refractivity contribution is -0.191. The topological polar surface area (TPSA) is 259 Å². The molecule has 0 bridgehead atoms. The molecule has 1 aliphatic heterocycles. The van der Waals surface area contributed by atoms with E-state index in [4.69, 9.17) is 29.4 Å². The molecule has 1 amide bonds. The van der Waals surface area contributed by atoms with Crippen molar-refractivity contribution in [3.05, 3.63) is 87.2 Å². The lowest BCUT2D eigenvalue weighted by Gasteiger charge is -2.53. The number of nitrogens with two attached hydrogens (primary N) is 1. The van der Waals surface area contributed by atoms with E-state index in [-0.39, 0.29) is 35.1 Å². The molecule has 298 valence electrons. The number of benzene rings is 2. The van der Waals surface area contributed by atoms with Gasteiger partial charge in [0, 0.05) is 49.2 Å². The molecule has 6 rings (SSSR count). The number of carbonyl (C=O) groups is 5. The number of hydrogen-bond donors (Lipinski definition) is 6. The summed E-state index contributed by atoms with van der Waals surface area (Å²) in [6.45, 7) is 6.39. The van der Waals surface area contributed by atoms with Crippen LogP contribution in [0.2, 0.25) is 0 Å². The highest BCUT2D eigenvalue weighted by atomic mass is 16.6. The molecular formula is C40H43NO15. The number of primary amides is 1. The number of hydrogen-bond acceptors (Lipinski definition) is 15. The minimum absolute atomic E-state index is 0.105. The lowest BCUT2D eigenvalue weighted by atomic mass is 9.55. The van der Waals surface area contributed by atoms with Crippen molar-refractivity contribution >= 4 is 35.2 Å². The number of rotatable bonds is 8. The van der Waals surface area contributed by atoms with E-state index in [1.807, 2.05) is 0 Å². The molecule has 16 heteroatoms. The number of allylic oxidation sites excluding steroid dienone is 1. The molecule has 9 atom stereocenters. The van der Waals surface area contributed by atoms with E-state index in [9.17, 15) is 49.5 Å². The first-order valence-electron chi connectivity index (χ1n) is 17.8. The van der Waals surface area contributed by atoms with Crippen molar-refractivity contribution in [3.8, 4) is 11.5 Å². The van der Waals surface area contributed by atoms with E-state index in [1.165, 1.54) is 43.5 Å². The van der Waals surface area contributed by atoms with Gasteiger partial charge in [0.05, 0.1) is 29.5 Å². The third-order valence-corrected chi connectivity index (χ3v) is 11.7. The third kappa shape index (κ3) is 5.86. The van der Waals surface area contributed by atoms with Crippen molar-refractivity contribution in [2.45, 2.75) is 82.3 Å². The predicted molar refractivity (Wildman–Crippen MR) is 193 cm³/mol. The van der Waals surface area contributed by atoms with Crippen LogP contribution in [0.25, 0.3) is 5.76 Å². The Hall–Kier alpha value is -5.55. The van der Waals surface area contributed by atoms with Crippen LogP contribution in [0.1, 0.15) is 73.7 Å². The van der Waals surface area contributed by atoms with Gasteiger partial charge >= 0.3 is 11.9 Å². The molecule has 2 aromatic carbocycles. The highest BCUT2D eigenvalue weighted by Gasteiger charge is 2.68. The van der Waals surface area contributed by atoms with Crippen LogP contribution in [0, 0.1) is 11.8 Å². The van der Waals surface area contributed by atoms with Gasteiger partial charge < -0.3 is 55.0 Å². The number of ether oxygens (including phenoxy) is 5. The average molecular weight is 778 g/mol. The summed E-state index contributed by atoms with van der Waals surface area (Å²) in [4.78, 5) is 67.4. The number of phenols is 2. The maximum Gasteiger partial charge on any atom is 0.342 e. The van der Waals surface area contributed by atoms with Crippen LogP contribution >= 0.6 is 0 Å². The fraction of sp³-hybridized carbons (Fsp3) is 0.425. The molecule has 0 spiro atoms. The summed E-state index contributed by atoms with van der Waals surface area (Å²) in [7, 11) is 2.33. The summed E-state index contributed by atoms with van der Waals surface area (Å²) in [5.74, 6) is -11.3. The Bertz CT molecular complexity index is 2120. The summed E-state index contributed by atoms with van der Waals surface area (Å²) in [5, 5.41) is 56.9. The number of Topliss-reactive ketones (excluding diaryl/α,β-unsaturated/α-hetero) is 2. The fourth-order valence-electron chi connectivity index (χ4n) is 8.49. The average Bonchev–Trinajstić information content (AvgIpc) is 3.16. The summed E-state index contributed by atoms with van der Waals surface area (Å²) in [6, 6.07) is 8.34. The molecule has 3 aliphatic carbocycles. The number of methoxy groups -OCH3 is 2. The summed E-state index contributed by atoms with van der Waals surface area (Å²) in [6.07, 6.45) is -4.99. The Labute approximate surface area is 320 Å². The summed E-state index contributed by atoms with van der Waals surface area (Å²) < 4.78 is 29.0. The number of carbonyl (C=O) groups excluding carboxylic acids is 5. The first-order valence-corrected chi connectivity index (χ1v) is 17.8. The van der Waals surface area contributed by atoms with Crippen molar-refractivity contribution in [3.63, 3.8) is 0 Å². The van der Waals surface area contributed by atoms with Gasteiger partial charge in [0.1, 0.15) is 34.2 Å². The minimum atomic E-state index is -2.63. The second kappa shape index (κ2) is 14.5. The summed E-state index contributed by atoms with van der Waals surface area (Å²) >= 11 is 0. The molecule has 2 fully saturated rings. The summed E-state index contributed by atoms with van der Waals surface area (Å²) in [5.41, 5.74) is -0.104. The number of phenolic OH excluding ortho intramolecular Hbond substituents is 2. The van der Waals surface area contributed by atoms with E-state index in [1.54, 1.807) is 33.8 Å². The Morgan fingerprint density at radius 2 is 1.66 bits per heavy atom. The van der Waals surface area contributed by atoms with Gasteiger partial charge in [-0.25, -0.2) is 9.59 Å². The molecule has 2 aromatic rings. The van der Waals surface area contributed by atoms with Crippen molar-refractivity contribution in [1.29, 1.82) is 0 Å². The zero-order chi connectivity index (χ0) is 41.2. The molecule has 1 heterocycles. The molecule has 7 N–H and O–H groups in total. The largest absolute Gasteiger partial charge is 0.508 e. The second-order valence-corrected chi connectivity index (χ2v) is 14.4. The fourth-order valence-corrected chi connectivity index (χ4v) is 8.49. The highest BCUT2D eigenvalue weighted by molar-refractivity contribution is 6.24. The molecule has 4 aliphatic rings. The van der Waals surface area contributed by atoms with Gasteiger partial charge in [0.25, 0.3) is 5.91 Å². The van der Waals surface area contributed by atoms with E-state index < -0.39 is 117 Å². The molecule has 56 heavy (non-hydrogen) atoms. The zero-order valence-electron chi connectivity index (χ0n) is 31.4. The lowest BCUT2D eigenvalue weighted by Crippen LogP contribution is -2.66. The van der Waals surface area contributed by atoms with Crippen LogP contribution in [0.3, 0.4) is 0 Å². The van der Waals surface area contributed by atoms with Gasteiger partial charge in [-0.15, -0.1) is 0 Å². The van der Waals surface area contributed by atoms with Gasteiger partial charge in [-0.05, 0) is 51.8 Å². The highest BCUT2D eigenvalue weighted by Crippen LogP contribution is 2.60. The third-order valence-electron chi connectivity index (χ3n) is 11.7. The number of aliphatic hydroxyl groups is 3. The van der Waals surface area contributed by atoms with Crippen LogP contribution in [0.5, 0.6) is 11.5 Å². The second-order valence-electron chi connectivity index (χ2n) is 14.4. The SMILES string of the molecule is C/C=C(\C)C(=O)O[C@H]1[C@H](C)O[C@@H](c2ccc3c(c2O)C(O)=C2C(=O)[C@]4(OC)C(O)=C(C(N)=O)C(=O)[C@H](OC(=O)c5ccccc5O)[C@H]4C[C@@H]2[C@]3(C)OC)C[C@@H]1O. The van der Waals surface area contributed by atoms with Crippen molar-refractivity contribution in [2.24, 2.45) is 17.6 Å².